The number of sulfonamides is 1. The minimum atomic E-state index is -3.39. The lowest BCUT2D eigenvalue weighted by molar-refractivity contribution is -0.138. The molecule has 0 bridgehead atoms. The Bertz CT molecular complexity index is 432. The van der Waals surface area contributed by atoms with E-state index in [4.69, 9.17) is 5.11 Å². The van der Waals surface area contributed by atoms with E-state index in [-0.39, 0.29) is 11.7 Å². The Balaban J connectivity index is 2.83. The van der Waals surface area contributed by atoms with Crippen molar-refractivity contribution < 1.29 is 23.1 Å². The highest BCUT2D eigenvalue weighted by atomic mass is 32.2. The number of carboxylic acids is 1. The Morgan fingerprint density at radius 1 is 1.39 bits per heavy atom. The van der Waals surface area contributed by atoms with Crippen molar-refractivity contribution in [2.24, 2.45) is 5.92 Å². The van der Waals surface area contributed by atoms with Crippen LogP contribution in [0.15, 0.2) is 0 Å². The Labute approximate surface area is 106 Å². The first-order chi connectivity index (χ1) is 8.25. The molecule has 0 aliphatic carbocycles. The summed E-state index contributed by atoms with van der Waals surface area (Å²) in [6.45, 7) is 3.28. The lowest BCUT2D eigenvalue weighted by atomic mass is 10.0. The summed E-state index contributed by atoms with van der Waals surface area (Å²) in [5, 5.41) is 10.7. The summed E-state index contributed by atoms with van der Waals surface area (Å²) in [6, 6.07) is -0.836. The van der Waals surface area contributed by atoms with Crippen LogP contribution in [-0.4, -0.2) is 54.6 Å². The average molecular weight is 278 g/mol. The van der Waals surface area contributed by atoms with Gasteiger partial charge < -0.3 is 10.4 Å². The summed E-state index contributed by atoms with van der Waals surface area (Å²) >= 11 is 0. The molecule has 0 spiro atoms. The molecule has 1 aliphatic heterocycles. The molecule has 0 aromatic rings. The predicted molar refractivity (Wildman–Crippen MR) is 64.4 cm³/mol. The highest BCUT2D eigenvalue weighted by molar-refractivity contribution is 7.89. The zero-order valence-corrected chi connectivity index (χ0v) is 11.2. The fourth-order valence-electron chi connectivity index (χ4n) is 2.00. The molecule has 0 radical (unpaired) electrons. The number of rotatable bonds is 5. The van der Waals surface area contributed by atoms with Gasteiger partial charge in [-0.2, -0.15) is 4.31 Å². The summed E-state index contributed by atoms with van der Waals surface area (Å²) in [7, 11) is -3.39. The molecule has 0 aromatic heterocycles. The fourth-order valence-corrected chi connectivity index (χ4v) is 3.83. The van der Waals surface area contributed by atoms with Gasteiger partial charge in [-0.05, 0) is 12.3 Å². The molecule has 1 unspecified atom stereocenters. The summed E-state index contributed by atoms with van der Waals surface area (Å²) in [5.41, 5.74) is 0. The second-order valence-electron chi connectivity index (χ2n) is 4.58. The highest BCUT2D eigenvalue weighted by Gasteiger charge is 2.39. The number of nitrogens with zero attached hydrogens (tertiary/aromatic N) is 1. The standard InChI is InChI=1S/C10H18N2O5S/c1-7(2)9(10(15)11-6-8(13)14)12-4-3-5-18(12,16)17/h7,9H,3-6H2,1-2H3,(H,11,15)(H,13,14). The number of amides is 1. The van der Waals surface area contributed by atoms with Gasteiger partial charge in [0, 0.05) is 6.54 Å². The maximum atomic E-state index is 11.9. The van der Waals surface area contributed by atoms with E-state index in [1.807, 2.05) is 0 Å². The van der Waals surface area contributed by atoms with Crippen LogP contribution in [0.1, 0.15) is 20.3 Å². The molecule has 18 heavy (non-hydrogen) atoms. The number of carbonyl (C=O) groups excluding carboxylic acids is 1. The van der Waals surface area contributed by atoms with E-state index in [9.17, 15) is 18.0 Å². The number of nitrogens with one attached hydrogen (secondary N) is 1. The fraction of sp³-hybridized carbons (Fsp3) is 0.800. The smallest absolute Gasteiger partial charge is 0.322 e. The number of aliphatic carboxylic acids is 1. The summed E-state index contributed by atoms with van der Waals surface area (Å²) < 4.78 is 24.7. The van der Waals surface area contributed by atoms with Crippen LogP contribution < -0.4 is 5.32 Å². The second kappa shape index (κ2) is 5.66. The van der Waals surface area contributed by atoms with Crippen molar-refractivity contribution in [2.75, 3.05) is 18.8 Å². The van der Waals surface area contributed by atoms with E-state index in [1.165, 1.54) is 4.31 Å². The van der Waals surface area contributed by atoms with E-state index >= 15 is 0 Å². The van der Waals surface area contributed by atoms with E-state index in [0.717, 1.165) is 0 Å². The number of carboxylic acid groups (broad SMARTS) is 1. The lowest BCUT2D eigenvalue weighted by Gasteiger charge is -2.28. The van der Waals surface area contributed by atoms with Gasteiger partial charge in [0.15, 0.2) is 0 Å². The second-order valence-corrected chi connectivity index (χ2v) is 6.62. The van der Waals surface area contributed by atoms with Crippen LogP contribution in [0.2, 0.25) is 0 Å². The van der Waals surface area contributed by atoms with Gasteiger partial charge in [0.1, 0.15) is 12.6 Å². The molecule has 1 heterocycles. The van der Waals surface area contributed by atoms with Crippen LogP contribution >= 0.6 is 0 Å². The number of hydrogen-bond acceptors (Lipinski definition) is 4. The Morgan fingerprint density at radius 2 is 2.00 bits per heavy atom. The van der Waals surface area contributed by atoms with Crippen LogP contribution in [-0.2, 0) is 19.6 Å². The van der Waals surface area contributed by atoms with Crippen molar-refractivity contribution >= 4 is 21.9 Å². The van der Waals surface area contributed by atoms with Gasteiger partial charge in [-0.25, -0.2) is 8.42 Å². The molecule has 7 nitrogen and oxygen atoms in total. The van der Waals surface area contributed by atoms with Crippen LogP contribution in [0.25, 0.3) is 0 Å². The van der Waals surface area contributed by atoms with Crippen molar-refractivity contribution in [3.05, 3.63) is 0 Å². The SMILES string of the molecule is CC(C)C(C(=O)NCC(=O)O)N1CCCS1(=O)=O. The average Bonchev–Trinajstić information content (AvgIpc) is 2.55. The van der Waals surface area contributed by atoms with E-state index in [0.29, 0.717) is 13.0 Å². The van der Waals surface area contributed by atoms with Crippen LogP contribution in [0, 0.1) is 5.92 Å². The van der Waals surface area contributed by atoms with Crippen molar-refractivity contribution in [1.82, 2.24) is 9.62 Å². The third-order valence-corrected chi connectivity index (χ3v) is 4.69. The zero-order chi connectivity index (χ0) is 13.9. The minimum Gasteiger partial charge on any atom is -0.480 e. The Morgan fingerprint density at radius 3 is 2.39 bits per heavy atom. The first-order valence-corrected chi connectivity index (χ1v) is 7.35. The van der Waals surface area contributed by atoms with Gasteiger partial charge in [-0.1, -0.05) is 13.8 Å². The quantitative estimate of drug-likeness (QED) is 0.688. The molecule has 2 N–H and O–H groups in total. The maximum absolute atomic E-state index is 11.9. The Kier molecular flexibility index (Phi) is 4.69. The van der Waals surface area contributed by atoms with Gasteiger partial charge in [-0.3, -0.25) is 9.59 Å². The summed E-state index contributed by atoms with van der Waals surface area (Å²) in [4.78, 5) is 22.3. The molecule has 1 saturated heterocycles. The van der Waals surface area contributed by atoms with Gasteiger partial charge >= 0.3 is 5.97 Å². The molecule has 8 heteroatoms. The van der Waals surface area contributed by atoms with E-state index < -0.39 is 34.5 Å². The topological polar surface area (TPSA) is 104 Å². The molecule has 1 amide bonds. The van der Waals surface area contributed by atoms with E-state index in [2.05, 4.69) is 5.32 Å². The molecule has 1 fully saturated rings. The van der Waals surface area contributed by atoms with Crippen LogP contribution in [0.3, 0.4) is 0 Å². The minimum absolute atomic E-state index is 0.0441. The first kappa shape index (κ1) is 14.9. The van der Waals surface area contributed by atoms with Crippen molar-refractivity contribution in [3.8, 4) is 0 Å². The normalized spacial score (nSPS) is 20.8. The molecular formula is C10H18N2O5S. The molecular weight excluding hydrogens is 260 g/mol. The maximum Gasteiger partial charge on any atom is 0.322 e. The molecule has 1 rings (SSSR count). The summed E-state index contributed by atoms with van der Waals surface area (Å²) in [6.07, 6.45) is 0.498. The lowest BCUT2D eigenvalue weighted by Crippen LogP contribution is -2.51. The molecule has 1 atom stereocenters. The number of hydrogen-bond donors (Lipinski definition) is 2. The monoisotopic (exact) mass is 278 g/mol. The van der Waals surface area contributed by atoms with Gasteiger partial charge in [0.2, 0.25) is 15.9 Å². The van der Waals surface area contributed by atoms with Crippen molar-refractivity contribution in [3.63, 3.8) is 0 Å². The molecule has 0 aromatic carbocycles. The Hall–Kier alpha value is -1.15. The molecule has 104 valence electrons. The molecule has 1 aliphatic rings. The van der Waals surface area contributed by atoms with Crippen molar-refractivity contribution in [1.29, 1.82) is 0 Å². The third-order valence-electron chi connectivity index (χ3n) is 2.76. The first-order valence-electron chi connectivity index (χ1n) is 5.74. The number of carbonyl (C=O) groups is 2. The van der Waals surface area contributed by atoms with E-state index in [1.54, 1.807) is 13.8 Å². The highest BCUT2D eigenvalue weighted by Crippen LogP contribution is 2.21. The van der Waals surface area contributed by atoms with Gasteiger partial charge in [-0.15, -0.1) is 0 Å². The predicted octanol–water partition coefficient (Wildman–Crippen LogP) is -0.753. The van der Waals surface area contributed by atoms with Gasteiger partial charge in [0.25, 0.3) is 0 Å². The third kappa shape index (κ3) is 3.42. The zero-order valence-electron chi connectivity index (χ0n) is 10.4. The van der Waals surface area contributed by atoms with Crippen LogP contribution in [0.4, 0.5) is 0 Å². The largest absolute Gasteiger partial charge is 0.480 e. The summed E-state index contributed by atoms with van der Waals surface area (Å²) in [5.74, 6) is -1.89. The van der Waals surface area contributed by atoms with Gasteiger partial charge in [0.05, 0.1) is 5.75 Å². The van der Waals surface area contributed by atoms with Crippen LogP contribution in [0.5, 0.6) is 0 Å². The van der Waals surface area contributed by atoms with Crippen molar-refractivity contribution in [2.45, 2.75) is 26.3 Å². The molecule has 0 saturated carbocycles.